The fourth-order valence-electron chi connectivity index (χ4n) is 1.20. The average Bonchev–Trinajstić information content (AvgIpc) is 2.73. The number of hydrogen-bond donors (Lipinski definition) is 2. The number of carbonyl (C=O) groups is 1. The average molecular weight is 275 g/mol. The van der Waals surface area contributed by atoms with Crippen molar-refractivity contribution in [3.05, 3.63) is 17.9 Å². The van der Waals surface area contributed by atoms with Crippen molar-refractivity contribution in [1.82, 2.24) is 9.62 Å². The van der Waals surface area contributed by atoms with Crippen molar-refractivity contribution < 1.29 is 17.6 Å². The third kappa shape index (κ3) is 3.83. The van der Waals surface area contributed by atoms with E-state index < -0.39 is 15.9 Å². The highest BCUT2D eigenvalue weighted by molar-refractivity contribution is 7.88. The van der Waals surface area contributed by atoms with Crippen molar-refractivity contribution in [3.8, 4) is 0 Å². The molecule has 7 nitrogen and oxygen atoms in total. The monoisotopic (exact) mass is 275 g/mol. The molecule has 1 heterocycles. The zero-order chi connectivity index (χ0) is 13.8. The molecule has 0 aromatic carbocycles. The number of hydrogen-bond acceptors (Lipinski definition) is 5. The van der Waals surface area contributed by atoms with Gasteiger partial charge in [-0.3, -0.25) is 4.79 Å². The Hall–Kier alpha value is -1.38. The van der Waals surface area contributed by atoms with Gasteiger partial charge < -0.3 is 15.5 Å². The maximum absolute atomic E-state index is 11.7. The van der Waals surface area contributed by atoms with Crippen molar-refractivity contribution >= 4 is 15.9 Å². The molecule has 18 heavy (non-hydrogen) atoms. The minimum absolute atomic E-state index is 0.0980. The summed E-state index contributed by atoms with van der Waals surface area (Å²) in [7, 11) is -0.669. The number of rotatable bonds is 7. The van der Waals surface area contributed by atoms with Crippen molar-refractivity contribution in [3.63, 3.8) is 0 Å². The summed E-state index contributed by atoms with van der Waals surface area (Å²) in [5.41, 5.74) is 4.98. The number of furan rings is 1. The number of sulfonamides is 1. The van der Waals surface area contributed by atoms with Crippen LogP contribution in [0, 0.1) is 0 Å². The van der Waals surface area contributed by atoms with Crippen LogP contribution >= 0.6 is 0 Å². The van der Waals surface area contributed by atoms with Crippen LogP contribution in [0.4, 0.5) is 0 Å². The lowest BCUT2D eigenvalue weighted by molar-refractivity contribution is -0.117. The zero-order valence-corrected chi connectivity index (χ0v) is 11.2. The zero-order valence-electron chi connectivity index (χ0n) is 10.3. The van der Waals surface area contributed by atoms with Crippen LogP contribution in [0.2, 0.25) is 0 Å². The van der Waals surface area contributed by atoms with E-state index in [1.807, 2.05) is 0 Å². The van der Waals surface area contributed by atoms with E-state index in [0.29, 0.717) is 18.8 Å². The molecule has 0 saturated carbocycles. The normalized spacial score (nSPS) is 11.9. The first kappa shape index (κ1) is 14.7. The lowest BCUT2D eigenvalue weighted by Gasteiger charge is -2.07. The lowest BCUT2D eigenvalue weighted by atomic mass is 10.4. The van der Waals surface area contributed by atoms with Gasteiger partial charge in [0, 0.05) is 27.1 Å². The molecule has 0 spiro atoms. The third-order valence-corrected chi connectivity index (χ3v) is 3.91. The molecule has 1 aromatic heterocycles. The molecule has 0 aliphatic heterocycles. The standard InChI is InChI=1S/C10H17N3O4S/c1-13(2)18(15,16)10-4-3-8(17-10)7-12-6-5-9(11)14/h3-4,12H,5-7H2,1-2H3,(H2,11,14). The smallest absolute Gasteiger partial charge is 0.275 e. The summed E-state index contributed by atoms with van der Waals surface area (Å²) < 4.78 is 29.7. The van der Waals surface area contributed by atoms with Gasteiger partial charge in [0.05, 0.1) is 6.54 Å². The molecule has 8 heteroatoms. The molecule has 0 radical (unpaired) electrons. The molecular weight excluding hydrogens is 258 g/mol. The molecule has 0 saturated heterocycles. The molecule has 0 aliphatic carbocycles. The minimum atomic E-state index is -3.54. The predicted molar refractivity (Wildman–Crippen MR) is 65.1 cm³/mol. The van der Waals surface area contributed by atoms with Crippen LogP contribution in [0.1, 0.15) is 12.2 Å². The van der Waals surface area contributed by atoms with E-state index in [1.165, 1.54) is 20.2 Å². The van der Waals surface area contributed by atoms with Gasteiger partial charge in [-0.05, 0) is 12.1 Å². The quantitative estimate of drug-likeness (QED) is 0.652. The molecule has 1 amide bonds. The third-order valence-electron chi connectivity index (χ3n) is 2.22. The number of nitrogens with zero attached hydrogens (tertiary/aromatic N) is 1. The lowest BCUT2D eigenvalue weighted by Crippen LogP contribution is -2.22. The van der Waals surface area contributed by atoms with Crippen molar-refractivity contribution in [2.45, 2.75) is 18.1 Å². The topological polar surface area (TPSA) is 106 Å². The maximum atomic E-state index is 11.7. The summed E-state index contributed by atoms with van der Waals surface area (Å²) in [5, 5.41) is 2.83. The number of nitrogens with two attached hydrogens (primary N) is 1. The molecule has 1 rings (SSSR count). The van der Waals surface area contributed by atoms with Gasteiger partial charge in [-0.1, -0.05) is 0 Å². The highest BCUT2D eigenvalue weighted by atomic mass is 32.2. The summed E-state index contributed by atoms with van der Waals surface area (Å²) in [6.07, 6.45) is 0.226. The molecule has 3 N–H and O–H groups in total. The highest BCUT2D eigenvalue weighted by Gasteiger charge is 2.21. The summed E-state index contributed by atoms with van der Waals surface area (Å²) in [5.74, 6) is 0.0951. The molecular formula is C10H17N3O4S. The second-order valence-electron chi connectivity index (χ2n) is 3.90. The fourth-order valence-corrected chi connectivity index (χ4v) is 2.01. The molecule has 0 unspecified atom stereocenters. The second kappa shape index (κ2) is 5.98. The van der Waals surface area contributed by atoms with Crippen LogP contribution < -0.4 is 11.1 Å². The second-order valence-corrected chi connectivity index (χ2v) is 5.98. The van der Waals surface area contributed by atoms with E-state index in [4.69, 9.17) is 10.2 Å². The van der Waals surface area contributed by atoms with E-state index in [-0.39, 0.29) is 11.5 Å². The van der Waals surface area contributed by atoms with Crippen molar-refractivity contribution in [1.29, 1.82) is 0 Å². The summed E-state index contributed by atoms with van der Waals surface area (Å²) in [6.45, 7) is 0.766. The van der Waals surface area contributed by atoms with Crippen LogP contribution in [-0.4, -0.2) is 39.3 Å². The van der Waals surface area contributed by atoms with Gasteiger partial charge in [0.25, 0.3) is 10.0 Å². The first-order valence-corrected chi connectivity index (χ1v) is 6.78. The van der Waals surface area contributed by atoms with Gasteiger partial charge in [-0.25, -0.2) is 12.7 Å². The Labute approximate surface area is 106 Å². The Balaban J connectivity index is 2.57. The van der Waals surface area contributed by atoms with Crippen LogP contribution in [0.3, 0.4) is 0 Å². The van der Waals surface area contributed by atoms with Crippen molar-refractivity contribution in [2.75, 3.05) is 20.6 Å². The number of primary amides is 1. The van der Waals surface area contributed by atoms with Gasteiger partial charge in [0.1, 0.15) is 5.76 Å². The Morgan fingerprint density at radius 3 is 2.67 bits per heavy atom. The molecule has 0 fully saturated rings. The van der Waals surface area contributed by atoms with E-state index in [2.05, 4.69) is 5.32 Å². The first-order chi connectivity index (χ1) is 8.34. The number of nitrogens with one attached hydrogen (secondary N) is 1. The van der Waals surface area contributed by atoms with Crippen LogP contribution in [0.25, 0.3) is 0 Å². The largest absolute Gasteiger partial charge is 0.447 e. The molecule has 0 atom stereocenters. The fraction of sp³-hybridized carbons (Fsp3) is 0.500. The Bertz CT molecular complexity index is 507. The summed E-state index contributed by atoms with van der Waals surface area (Å²) in [6, 6.07) is 2.98. The van der Waals surface area contributed by atoms with E-state index in [9.17, 15) is 13.2 Å². The molecule has 1 aromatic rings. The van der Waals surface area contributed by atoms with Gasteiger partial charge in [-0.15, -0.1) is 0 Å². The van der Waals surface area contributed by atoms with Gasteiger partial charge in [0.2, 0.25) is 11.0 Å². The maximum Gasteiger partial charge on any atom is 0.275 e. The van der Waals surface area contributed by atoms with Gasteiger partial charge >= 0.3 is 0 Å². The van der Waals surface area contributed by atoms with E-state index in [1.54, 1.807) is 6.07 Å². The first-order valence-electron chi connectivity index (χ1n) is 5.34. The van der Waals surface area contributed by atoms with Crippen molar-refractivity contribution in [2.24, 2.45) is 5.73 Å². The van der Waals surface area contributed by atoms with Crippen LogP contribution in [0.15, 0.2) is 21.6 Å². The molecule has 0 aliphatic rings. The Morgan fingerprint density at radius 2 is 2.11 bits per heavy atom. The SMILES string of the molecule is CN(C)S(=O)(=O)c1ccc(CNCCC(N)=O)o1. The summed E-state index contributed by atoms with van der Waals surface area (Å²) in [4.78, 5) is 10.5. The highest BCUT2D eigenvalue weighted by Crippen LogP contribution is 2.16. The predicted octanol–water partition coefficient (Wildman–Crippen LogP) is -0.505. The van der Waals surface area contributed by atoms with Gasteiger partial charge in [0.15, 0.2) is 0 Å². The number of amides is 1. The molecule has 102 valence electrons. The summed E-state index contributed by atoms with van der Waals surface area (Å²) >= 11 is 0. The van der Waals surface area contributed by atoms with Gasteiger partial charge in [-0.2, -0.15) is 0 Å². The Morgan fingerprint density at radius 1 is 1.44 bits per heavy atom. The number of carbonyl (C=O) groups excluding carboxylic acids is 1. The van der Waals surface area contributed by atoms with E-state index in [0.717, 1.165) is 4.31 Å². The Kier molecular flexibility index (Phi) is 4.88. The van der Waals surface area contributed by atoms with Crippen LogP contribution in [0.5, 0.6) is 0 Å². The minimum Gasteiger partial charge on any atom is -0.447 e. The molecule has 0 bridgehead atoms. The van der Waals surface area contributed by atoms with E-state index >= 15 is 0 Å². The van der Waals surface area contributed by atoms with Crippen LogP contribution in [-0.2, 0) is 21.4 Å².